The topological polar surface area (TPSA) is 90.5 Å². The lowest BCUT2D eigenvalue weighted by molar-refractivity contribution is -0.117. The van der Waals surface area contributed by atoms with E-state index in [1.54, 1.807) is 30.0 Å². The van der Waals surface area contributed by atoms with Crippen molar-refractivity contribution in [2.24, 2.45) is 0 Å². The Kier molecular flexibility index (Phi) is 5.46. The van der Waals surface area contributed by atoms with Crippen LogP contribution in [0.25, 0.3) is 5.65 Å². The summed E-state index contributed by atoms with van der Waals surface area (Å²) in [7, 11) is 1.53. The minimum absolute atomic E-state index is 0.0347. The number of hydrogen-bond acceptors (Lipinski definition) is 6. The number of carbonyl (C=O) groups excluding carboxylic acids is 1. The van der Waals surface area contributed by atoms with Gasteiger partial charge in [0.1, 0.15) is 17.3 Å². The SMILES string of the molecule is COc1ccc(C)cc1NC(=O)Cn1nc2ccc(SC(C)(C)C)nn2c1=O. The van der Waals surface area contributed by atoms with Gasteiger partial charge in [-0.2, -0.15) is 9.61 Å². The van der Waals surface area contributed by atoms with Crippen LogP contribution in [0.1, 0.15) is 26.3 Å². The Morgan fingerprint density at radius 1 is 1.21 bits per heavy atom. The minimum atomic E-state index is -0.460. The molecule has 3 aromatic rings. The molecule has 0 saturated heterocycles. The monoisotopic (exact) mass is 401 g/mol. The maximum atomic E-state index is 12.6. The summed E-state index contributed by atoms with van der Waals surface area (Å²) in [6.07, 6.45) is 0. The van der Waals surface area contributed by atoms with Gasteiger partial charge in [-0.05, 0) is 36.8 Å². The normalized spacial score (nSPS) is 11.6. The molecule has 9 heteroatoms. The van der Waals surface area contributed by atoms with Crippen LogP contribution in [0.2, 0.25) is 0 Å². The molecule has 1 amide bonds. The highest BCUT2D eigenvalue weighted by atomic mass is 32.2. The van der Waals surface area contributed by atoms with Gasteiger partial charge in [0.05, 0.1) is 12.8 Å². The van der Waals surface area contributed by atoms with Crippen molar-refractivity contribution in [1.29, 1.82) is 0 Å². The van der Waals surface area contributed by atoms with E-state index in [9.17, 15) is 9.59 Å². The molecule has 2 heterocycles. The van der Waals surface area contributed by atoms with Crippen LogP contribution in [0.5, 0.6) is 5.75 Å². The summed E-state index contributed by atoms with van der Waals surface area (Å²) in [5.41, 5.74) is 1.46. The molecule has 3 rings (SSSR count). The van der Waals surface area contributed by atoms with Crippen LogP contribution in [0.15, 0.2) is 40.2 Å². The number of rotatable bonds is 5. The van der Waals surface area contributed by atoms with Gasteiger partial charge < -0.3 is 10.1 Å². The third kappa shape index (κ3) is 4.53. The van der Waals surface area contributed by atoms with E-state index >= 15 is 0 Å². The van der Waals surface area contributed by atoms with Crippen LogP contribution >= 0.6 is 11.8 Å². The van der Waals surface area contributed by atoms with Crippen LogP contribution in [-0.4, -0.2) is 37.2 Å². The van der Waals surface area contributed by atoms with E-state index in [1.807, 2.05) is 19.1 Å². The van der Waals surface area contributed by atoms with Gasteiger partial charge in [0.2, 0.25) is 5.91 Å². The predicted molar refractivity (Wildman–Crippen MR) is 109 cm³/mol. The first-order chi connectivity index (χ1) is 13.2. The molecule has 0 fully saturated rings. The van der Waals surface area contributed by atoms with Crippen LogP contribution < -0.4 is 15.7 Å². The number of fused-ring (bicyclic) bond motifs is 1. The number of nitrogens with one attached hydrogen (secondary N) is 1. The largest absolute Gasteiger partial charge is 0.495 e. The number of aryl methyl sites for hydroxylation is 1. The van der Waals surface area contributed by atoms with E-state index < -0.39 is 5.69 Å². The van der Waals surface area contributed by atoms with Gasteiger partial charge in [-0.15, -0.1) is 5.10 Å². The van der Waals surface area contributed by atoms with E-state index in [4.69, 9.17) is 4.74 Å². The number of methoxy groups -OCH3 is 1. The van der Waals surface area contributed by atoms with Gasteiger partial charge in [-0.1, -0.05) is 38.6 Å². The molecule has 0 saturated carbocycles. The fourth-order valence-corrected chi connectivity index (χ4v) is 3.49. The Morgan fingerprint density at radius 2 is 1.96 bits per heavy atom. The molecule has 1 aromatic carbocycles. The Labute approximate surface area is 166 Å². The number of aromatic nitrogens is 4. The summed E-state index contributed by atoms with van der Waals surface area (Å²) in [4.78, 5) is 25.0. The maximum absolute atomic E-state index is 12.6. The lowest BCUT2D eigenvalue weighted by Gasteiger charge is -2.16. The molecule has 1 N–H and O–H groups in total. The van der Waals surface area contributed by atoms with E-state index in [-0.39, 0.29) is 17.2 Å². The van der Waals surface area contributed by atoms with E-state index in [2.05, 4.69) is 36.3 Å². The minimum Gasteiger partial charge on any atom is -0.495 e. The molecular formula is C19H23N5O3S. The molecule has 0 aliphatic heterocycles. The summed E-state index contributed by atoms with van der Waals surface area (Å²) in [6.45, 7) is 7.90. The molecule has 0 bridgehead atoms. The third-order valence-corrected chi connectivity index (χ3v) is 4.79. The highest BCUT2D eigenvalue weighted by Crippen LogP contribution is 2.30. The van der Waals surface area contributed by atoms with Crippen LogP contribution in [-0.2, 0) is 11.3 Å². The number of thioether (sulfide) groups is 1. The fourth-order valence-electron chi connectivity index (χ4n) is 2.61. The van der Waals surface area contributed by atoms with Gasteiger partial charge in [0.25, 0.3) is 0 Å². The van der Waals surface area contributed by atoms with Gasteiger partial charge >= 0.3 is 5.69 Å². The summed E-state index contributed by atoms with van der Waals surface area (Å²) < 4.78 is 7.55. The molecule has 148 valence electrons. The molecule has 0 aliphatic carbocycles. The van der Waals surface area contributed by atoms with Gasteiger partial charge in [-0.3, -0.25) is 4.79 Å². The first kappa shape index (κ1) is 19.9. The van der Waals surface area contributed by atoms with Crippen LogP contribution in [0, 0.1) is 6.92 Å². The first-order valence-corrected chi connectivity index (χ1v) is 9.58. The van der Waals surface area contributed by atoms with Crippen LogP contribution in [0.4, 0.5) is 5.69 Å². The number of nitrogens with zero attached hydrogens (tertiary/aromatic N) is 4. The van der Waals surface area contributed by atoms with Crippen LogP contribution in [0.3, 0.4) is 0 Å². The molecule has 0 radical (unpaired) electrons. The summed E-state index contributed by atoms with van der Waals surface area (Å²) in [5, 5.41) is 12.0. The third-order valence-electron chi connectivity index (χ3n) is 3.75. The van der Waals surface area contributed by atoms with Crippen molar-refractivity contribution in [2.75, 3.05) is 12.4 Å². The molecule has 0 atom stereocenters. The molecule has 8 nitrogen and oxygen atoms in total. The Hall–Kier alpha value is -2.81. The quantitative estimate of drug-likeness (QED) is 0.661. The fraction of sp³-hybridized carbons (Fsp3) is 0.368. The van der Waals surface area contributed by atoms with Crippen molar-refractivity contribution in [3.8, 4) is 5.75 Å². The molecule has 0 spiro atoms. The zero-order chi connectivity index (χ0) is 20.5. The molecule has 28 heavy (non-hydrogen) atoms. The molecule has 2 aromatic heterocycles. The maximum Gasteiger partial charge on any atom is 0.367 e. The molecule has 0 unspecified atom stereocenters. The number of carbonyl (C=O) groups is 1. The van der Waals surface area contributed by atoms with E-state index in [0.29, 0.717) is 17.1 Å². The standard InChI is InChI=1S/C19H23N5O3S/c1-12-6-7-14(27-5)13(10-12)20-16(25)11-23-18(26)24-15(21-23)8-9-17(22-24)28-19(2,3)4/h6-10H,11H2,1-5H3,(H,20,25). The zero-order valence-corrected chi connectivity index (χ0v) is 17.3. The lowest BCUT2D eigenvalue weighted by atomic mass is 10.2. The molecular weight excluding hydrogens is 378 g/mol. The summed E-state index contributed by atoms with van der Waals surface area (Å²) in [6, 6.07) is 9.02. The Bertz CT molecular complexity index is 1080. The predicted octanol–water partition coefficient (Wildman–Crippen LogP) is 2.74. The summed E-state index contributed by atoms with van der Waals surface area (Å²) in [5.74, 6) is 0.172. The average Bonchev–Trinajstić information content (AvgIpc) is 2.89. The Balaban J connectivity index is 1.82. The van der Waals surface area contributed by atoms with E-state index in [1.165, 1.54) is 11.6 Å². The van der Waals surface area contributed by atoms with E-state index in [0.717, 1.165) is 15.3 Å². The average molecular weight is 401 g/mol. The van der Waals surface area contributed by atoms with Crippen molar-refractivity contribution in [2.45, 2.75) is 44.0 Å². The second-order valence-electron chi connectivity index (χ2n) is 7.35. The van der Waals surface area contributed by atoms with Gasteiger partial charge in [-0.25, -0.2) is 9.48 Å². The van der Waals surface area contributed by atoms with Gasteiger partial charge in [0.15, 0.2) is 5.65 Å². The second kappa shape index (κ2) is 7.67. The Morgan fingerprint density at radius 3 is 2.64 bits per heavy atom. The number of benzene rings is 1. The highest BCUT2D eigenvalue weighted by molar-refractivity contribution is 8.00. The lowest BCUT2D eigenvalue weighted by Crippen LogP contribution is -2.29. The number of hydrogen-bond donors (Lipinski definition) is 1. The number of anilines is 1. The van der Waals surface area contributed by atoms with Gasteiger partial charge in [0, 0.05) is 4.75 Å². The van der Waals surface area contributed by atoms with Crippen molar-refractivity contribution in [3.63, 3.8) is 0 Å². The number of ether oxygens (including phenoxy) is 1. The number of amides is 1. The van der Waals surface area contributed by atoms with Crippen molar-refractivity contribution in [1.82, 2.24) is 19.4 Å². The van der Waals surface area contributed by atoms with Crippen molar-refractivity contribution >= 4 is 29.0 Å². The second-order valence-corrected chi connectivity index (χ2v) is 9.20. The highest BCUT2D eigenvalue weighted by Gasteiger charge is 2.17. The van der Waals surface area contributed by atoms with Crippen molar-refractivity contribution < 1.29 is 9.53 Å². The zero-order valence-electron chi connectivity index (χ0n) is 16.5. The van der Waals surface area contributed by atoms with Crippen molar-refractivity contribution in [3.05, 3.63) is 46.4 Å². The summed E-state index contributed by atoms with van der Waals surface area (Å²) >= 11 is 1.55. The molecule has 0 aliphatic rings. The smallest absolute Gasteiger partial charge is 0.367 e. The first-order valence-electron chi connectivity index (χ1n) is 8.77.